The number of ether oxygens (including phenoxy) is 1. The molecule has 0 aliphatic heterocycles. The monoisotopic (exact) mass is 249 g/mol. The zero-order chi connectivity index (χ0) is 11.8. The van der Waals surface area contributed by atoms with Gasteiger partial charge in [-0.3, -0.25) is 0 Å². The zero-order valence-corrected chi connectivity index (χ0v) is 10.6. The van der Waals surface area contributed by atoms with Crippen LogP contribution in [0.2, 0.25) is 0 Å². The summed E-state index contributed by atoms with van der Waals surface area (Å²) in [7, 11) is 1.64. The largest absolute Gasteiger partial charge is 0.383 e. The van der Waals surface area contributed by atoms with Crippen molar-refractivity contribution in [3.05, 3.63) is 16.3 Å². The molecule has 17 heavy (non-hydrogen) atoms. The Balaban J connectivity index is 2.19. The summed E-state index contributed by atoms with van der Waals surface area (Å²) in [5.41, 5.74) is 7.44. The molecule has 0 amide bonds. The molecule has 1 aliphatic rings. The van der Waals surface area contributed by atoms with Crippen molar-refractivity contribution in [2.45, 2.75) is 32.3 Å². The second-order valence-electron chi connectivity index (χ2n) is 4.35. The molecule has 90 valence electrons. The number of nitrogens with zero attached hydrogens (tertiary/aromatic N) is 2. The Morgan fingerprint density at radius 2 is 2.12 bits per heavy atom. The maximum absolute atomic E-state index is 6.06. The lowest BCUT2D eigenvalue weighted by Crippen LogP contribution is -2.03. The molecule has 2 aromatic rings. The number of thiophene rings is 1. The Morgan fingerprint density at radius 3 is 2.94 bits per heavy atom. The molecule has 2 aromatic heterocycles. The first-order valence-corrected chi connectivity index (χ1v) is 6.67. The Kier molecular flexibility index (Phi) is 2.72. The SMILES string of the molecule is COCc1nc(N)c2c3c(sc2n1)CCCC3. The van der Waals surface area contributed by atoms with Crippen LogP contribution in [0.4, 0.5) is 5.82 Å². The fraction of sp³-hybridized carbons (Fsp3) is 0.500. The highest BCUT2D eigenvalue weighted by atomic mass is 32.1. The van der Waals surface area contributed by atoms with Crippen LogP contribution in [-0.4, -0.2) is 17.1 Å². The minimum Gasteiger partial charge on any atom is -0.383 e. The Morgan fingerprint density at radius 1 is 1.29 bits per heavy atom. The number of rotatable bonds is 2. The fourth-order valence-corrected chi connectivity index (χ4v) is 3.71. The van der Waals surface area contributed by atoms with Gasteiger partial charge >= 0.3 is 0 Å². The van der Waals surface area contributed by atoms with Gasteiger partial charge in [0.05, 0.1) is 5.39 Å². The van der Waals surface area contributed by atoms with Crippen LogP contribution in [0.15, 0.2) is 0 Å². The first-order valence-electron chi connectivity index (χ1n) is 5.85. The lowest BCUT2D eigenvalue weighted by molar-refractivity contribution is 0.178. The molecular formula is C12H15N3OS. The van der Waals surface area contributed by atoms with Crippen molar-refractivity contribution in [2.75, 3.05) is 12.8 Å². The molecule has 0 aromatic carbocycles. The van der Waals surface area contributed by atoms with Crippen LogP contribution in [-0.2, 0) is 24.2 Å². The van der Waals surface area contributed by atoms with Crippen molar-refractivity contribution in [1.82, 2.24) is 9.97 Å². The molecule has 0 saturated carbocycles. The molecule has 0 atom stereocenters. The van der Waals surface area contributed by atoms with Crippen molar-refractivity contribution >= 4 is 27.4 Å². The van der Waals surface area contributed by atoms with Gasteiger partial charge in [0, 0.05) is 12.0 Å². The molecule has 2 N–H and O–H groups in total. The van der Waals surface area contributed by atoms with Crippen LogP contribution in [0.1, 0.15) is 29.1 Å². The van der Waals surface area contributed by atoms with Gasteiger partial charge in [0.1, 0.15) is 17.3 Å². The normalized spacial score (nSPS) is 15.1. The highest BCUT2D eigenvalue weighted by Crippen LogP contribution is 2.37. The third-order valence-electron chi connectivity index (χ3n) is 3.16. The quantitative estimate of drug-likeness (QED) is 0.887. The Hall–Kier alpha value is -1.20. The lowest BCUT2D eigenvalue weighted by atomic mass is 9.97. The molecule has 0 bridgehead atoms. The molecular weight excluding hydrogens is 234 g/mol. The first kappa shape index (κ1) is 10.9. The van der Waals surface area contributed by atoms with E-state index in [2.05, 4.69) is 9.97 Å². The average Bonchev–Trinajstić information content (AvgIpc) is 2.67. The smallest absolute Gasteiger partial charge is 0.158 e. The lowest BCUT2D eigenvalue weighted by Gasteiger charge is -2.10. The van der Waals surface area contributed by atoms with Gasteiger partial charge in [0.15, 0.2) is 5.82 Å². The number of anilines is 1. The molecule has 0 fully saturated rings. The molecule has 3 rings (SSSR count). The number of aryl methyl sites for hydroxylation is 2. The number of aromatic nitrogens is 2. The van der Waals surface area contributed by atoms with Gasteiger partial charge in [0.25, 0.3) is 0 Å². The van der Waals surface area contributed by atoms with Gasteiger partial charge in [-0.2, -0.15) is 0 Å². The second kappa shape index (κ2) is 4.23. The minimum absolute atomic E-state index is 0.419. The molecule has 1 aliphatic carbocycles. The van der Waals surface area contributed by atoms with E-state index in [1.165, 1.54) is 23.3 Å². The third-order valence-corrected chi connectivity index (χ3v) is 4.35. The van der Waals surface area contributed by atoms with E-state index >= 15 is 0 Å². The molecule has 0 radical (unpaired) electrons. The predicted octanol–water partition coefficient (Wildman–Crippen LogP) is 2.30. The van der Waals surface area contributed by atoms with Crippen LogP contribution in [0, 0.1) is 0 Å². The Labute approximate surface area is 104 Å². The number of nitrogens with two attached hydrogens (primary N) is 1. The van der Waals surface area contributed by atoms with E-state index in [9.17, 15) is 0 Å². The van der Waals surface area contributed by atoms with Crippen LogP contribution in [0.5, 0.6) is 0 Å². The van der Waals surface area contributed by atoms with Gasteiger partial charge in [-0.05, 0) is 31.2 Å². The predicted molar refractivity (Wildman–Crippen MR) is 69.2 cm³/mol. The van der Waals surface area contributed by atoms with E-state index in [4.69, 9.17) is 10.5 Å². The summed E-state index contributed by atoms with van der Waals surface area (Å²) in [6, 6.07) is 0. The van der Waals surface area contributed by atoms with Crippen LogP contribution < -0.4 is 5.73 Å². The second-order valence-corrected chi connectivity index (χ2v) is 5.43. The summed E-state index contributed by atoms with van der Waals surface area (Å²) < 4.78 is 5.06. The summed E-state index contributed by atoms with van der Waals surface area (Å²) in [5, 5.41) is 1.09. The highest BCUT2D eigenvalue weighted by Gasteiger charge is 2.19. The summed E-state index contributed by atoms with van der Waals surface area (Å²) in [6.07, 6.45) is 4.80. The van der Waals surface area contributed by atoms with Crippen molar-refractivity contribution in [3.63, 3.8) is 0 Å². The summed E-state index contributed by atoms with van der Waals surface area (Å²) >= 11 is 1.77. The van der Waals surface area contributed by atoms with Crippen molar-refractivity contribution in [1.29, 1.82) is 0 Å². The molecule has 2 heterocycles. The van der Waals surface area contributed by atoms with E-state index in [0.717, 1.165) is 23.1 Å². The standard InChI is InChI=1S/C12H15N3OS/c1-16-6-9-14-11(13)10-7-4-2-3-5-8(7)17-12(10)15-9/h2-6H2,1H3,(H2,13,14,15). The van der Waals surface area contributed by atoms with E-state index in [1.54, 1.807) is 18.4 Å². The van der Waals surface area contributed by atoms with Gasteiger partial charge in [-0.15, -0.1) is 11.3 Å². The fourth-order valence-electron chi connectivity index (χ4n) is 2.43. The van der Waals surface area contributed by atoms with E-state index in [0.29, 0.717) is 18.2 Å². The number of fused-ring (bicyclic) bond motifs is 3. The number of hydrogen-bond donors (Lipinski definition) is 1. The number of methoxy groups -OCH3 is 1. The van der Waals surface area contributed by atoms with Gasteiger partial charge in [0.2, 0.25) is 0 Å². The minimum atomic E-state index is 0.419. The van der Waals surface area contributed by atoms with Gasteiger partial charge in [-0.1, -0.05) is 0 Å². The van der Waals surface area contributed by atoms with Crippen molar-refractivity contribution in [3.8, 4) is 0 Å². The number of hydrogen-bond acceptors (Lipinski definition) is 5. The summed E-state index contributed by atoms with van der Waals surface area (Å²) in [6.45, 7) is 0.419. The van der Waals surface area contributed by atoms with Crippen LogP contribution in [0.25, 0.3) is 10.2 Å². The number of nitrogen functional groups attached to an aromatic ring is 1. The third kappa shape index (κ3) is 1.79. The van der Waals surface area contributed by atoms with E-state index < -0.39 is 0 Å². The van der Waals surface area contributed by atoms with Crippen LogP contribution >= 0.6 is 11.3 Å². The van der Waals surface area contributed by atoms with Gasteiger partial charge < -0.3 is 10.5 Å². The highest BCUT2D eigenvalue weighted by molar-refractivity contribution is 7.19. The molecule has 0 unspecified atom stereocenters. The molecule has 0 saturated heterocycles. The van der Waals surface area contributed by atoms with Crippen molar-refractivity contribution < 1.29 is 4.74 Å². The maximum atomic E-state index is 6.06. The van der Waals surface area contributed by atoms with Gasteiger partial charge in [-0.25, -0.2) is 9.97 Å². The summed E-state index contributed by atoms with van der Waals surface area (Å²) in [4.78, 5) is 11.3. The van der Waals surface area contributed by atoms with E-state index in [1.807, 2.05) is 0 Å². The van der Waals surface area contributed by atoms with Crippen molar-refractivity contribution in [2.24, 2.45) is 0 Å². The van der Waals surface area contributed by atoms with Crippen LogP contribution in [0.3, 0.4) is 0 Å². The zero-order valence-electron chi connectivity index (χ0n) is 9.82. The van der Waals surface area contributed by atoms with E-state index in [-0.39, 0.29) is 0 Å². The molecule has 4 nitrogen and oxygen atoms in total. The topological polar surface area (TPSA) is 61.0 Å². The average molecular weight is 249 g/mol. The first-order chi connectivity index (χ1) is 8.29. The molecule has 0 spiro atoms. The summed E-state index contributed by atoms with van der Waals surface area (Å²) in [5.74, 6) is 1.29. The maximum Gasteiger partial charge on any atom is 0.158 e. The molecule has 5 heteroatoms. The Bertz CT molecular complexity index is 564.